The molecule has 4 aromatic carbocycles. The van der Waals surface area contributed by atoms with Crippen molar-refractivity contribution in [3.05, 3.63) is 121 Å². The summed E-state index contributed by atoms with van der Waals surface area (Å²) in [4.78, 5) is 24.0. The first-order valence-corrected chi connectivity index (χ1v) is 12.7. The first kappa shape index (κ1) is 19.8. The molecule has 2 N–H and O–H groups in total. The van der Waals surface area contributed by atoms with E-state index in [4.69, 9.17) is 4.52 Å². The first-order chi connectivity index (χ1) is 14.1. The van der Waals surface area contributed by atoms with Gasteiger partial charge < -0.3 is 4.89 Å². The van der Waals surface area contributed by atoms with Gasteiger partial charge in [0, 0.05) is 10.6 Å². The van der Waals surface area contributed by atoms with E-state index < -0.39 is 14.9 Å². The van der Waals surface area contributed by atoms with Crippen LogP contribution >= 0.6 is 14.9 Å². The lowest BCUT2D eigenvalue weighted by molar-refractivity contribution is 0.616. The second-order valence-electron chi connectivity index (χ2n) is 6.63. The molecule has 4 aromatic rings. The standard InChI is InChI=1S/C24H22NO2P2/c26-28(21-13-5-1-6-14-21,22-15-7-2-8-16-22)25-29(27,23-17-9-3-10-18-23)24-19-11-4-12-20-24/h1-20,26-27H/q+1. The Hall–Kier alpha value is -2.54. The van der Waals surface area contributed by atoms with Crippen molar-refractivity contribution < 1.29 is 9.79 Å². The molecule has 0 fully saturated rings. The van der Waals surface area contributed by atoms with Crippen LogP contribution in [0.1, 0.15) is 0 Å². The molecule has 0 aliphatic carbocycles. The predicted molar refractivity (Wildman–Crippen MR) is 125 cm³/mol. The highest BCUT2D eigenvalue weighted by molar-refractivity contribution is 7.90. The van der Waals surface area contributed by atoms with Gasteiger partial charge in [-0.15, -0.1) is 0 Å². The summed E-state index contributed by atoms with van der Waals surface area (Å²) in [6.07, 6.45) is 0. The summed E-state index contributed by atoms with van der Waals surface area (Å²) in [6, 6.07) is 37.8. The Labute approximate surface area is 171 Å². The summed E-state index contributed by atoms with van der Waals surface area (Å²) < 4.78 is 4.95. The van der Waals surface area contributed by atoms with Crippen LogP contribution < -0.4 is 21.2 Å². The molecule has 5 heteroatoms. The van der Waals surface area contributed by atoms with Crippen molar-refractivity contribution in [2.75, 3.05) is 0 Å². The van der Waals surface area contributed by atoms with E-state index in [2.05, 4.69) is 0 Å². The third-order valence-corrected chi connectivity index (χ3v) is 10.9. The molecular formula is C24H22NO2P2+. The Morgan fingerprint density at radius 2 is 0.828 bits per heavy atom. The van der Waals surface area contributed by atoms with Crippen molar-refractivity contribution >= 4 is 36.1 Å². The molecule has 0 saturated carbocycles. The van der Waals surface area contributed by atoms with Crippen molar-refractivity contribution in [3.63, 3.8) is 0 Å². The topological polar surface area (TPSA) is 52.8 Å². The van der Waals surface area contributed by atoms with Gasteiger partial charge in [-0.2, -0.15) is 0 Å². The van der Waals surface area contributed by atoms with Crippen LogP contribution in [0.4, 0.5) is 0 Å². The zero-order valence-electron chi connectivity index (χ0n) is 15.8. The average molecular weight is 418 g/mol. The summed E-state index contributed by atoms with van der Waals surface area (Å²) in [6.45, 7) is 0. The Balaban J connectivity index is 2.05. The zero-order valence-corrected chi connectivity index (χ0v) is 17.6. The van der Waals surface area contributed by atoms with Crippen LogP contribution in [0.25, 0.3) is 0 Å². The van der Waals surface area contributed by atoms with Crippen LogP contribution in [-0.2, 0) is 0 Å². The molecule has 0 saturated heterocycles. The third kappa shape index (κ3) is 3.96. The Bertz CT molecular complexity index is 1040. The molecule has 0 atom stereocenters. The van der Waals surface area contributed by atoms with Gasteiger partial charge >= 0.3 is 7.64 Å². The van der Waals surface area contributed by atoms with E-state index >= 15 is 0 Å². The molecule has 0 aromatic heterocycles. The van der Waals surface area contributed by atoms with Gasteiger partial charge in [-0.05, 0) is 24.3 Å². The van der Waals surface area contributed by atoms with Gasteiger partial charge in [0.1, 0.15) is 0 Å². The maximum Gasteiger partial charge on any atom is 0.324 e. The number of benzene rings is 4. The summed E-state index contributed by atoms with van der Waals surface area (Å²) in [5.74, 6) is 0. The molecule has 3 nitrogen and oxygen atoms in total. The molecule has 29 heavy (non-hydrogen) atoms. The van der Waals surface area contributed by atoms with Crippen LogP contribution in [0.3, 0.4) is 0 Å². The van der Waals surface area contributed by atoms with Crippen LogP contribution in [0.5, 0.6) is 0 Å². The maximum absolute atomic E-state index is 12.0. The molecule has 0 heterocycles. The highest BCUT2D eigenvalue weighted by Gasteiger charge is 2.45. The van der Waals surface area contributed by atoms with Gasteiger partial charge in [-0.3, -0.25) is 0 Å². The molecular weight excluding hydrogens is 396 g/mol. The molecule has 4 rings (SSSR count). The SMILES string of the molecule is OP(=N[P+](O)(c1ccccc1)c1ccccc1)(c1ccccc1)c1ccccc1. The molecule has 0 spiro atoms. The predicted octanol–water partition coefficient (Wildman–Crippen LogP) is 4.24. The Morgan fingerprint density at radius 1 is 0.517 bits per heavy atom. The summed E-state index contributed by atoms with van der Waals surface area (Å²) in [5, 5.41) is 2.88. The molecule has 0 bridgehead atoms. The molecule has 0 unspecified atom stereocenters. The molecule has 0 radical (unpaired) electrons. The van der Waals surface area contributed by atoms with Gasteiger partial charge in [-0.1, -0.05) is 102 Å². The van der Waals surface area contributed by atoms with E-state index in [-0.39, 0.29) is 0 Å². The number of nitrogens with zero attached hydrogens (tertiary/aromatic N) is 1. The number of hydrogen-bond donors (Lipinski definition) is 2. The molecule has 0 amide bonds. The smallest absolute Gasteiger partial charge is 0.324 e. The summed E-state index contributed by atoms with van der Waals surface area (Å²) >= 11 is 0. The minimum atomic E-state index is -3.20. The number of rotatable bonds is 5. The molecule has 0 aliphatic rings. The van der Waals surface area contributed by atoms with E-state index in [9.17, 15) is 9.79 Å². The van der Waals surface area contributed by atoms with Crippen molar-refractivity contribution in [1.29, 1.82) is 0 Å². The third-order valence-electron chi connectivity index (χ3n) is 4.72. The van der Waals surface area contributed by atoms with E-state index in [0.717, 1.165) is 21.2 Å². The van der Waals surface area contributed by atoms with E-state index in [1.807, 2.05) is 121 Å². The average Bonchev–Trinajstić information content (AvgIpc) is 2.81. The van der Waals surface area contributed by atoms with Gasteiger partial charge in [0.2, 0.25) is 0 Å². The lowest BCUT2D eigenvalue weighted by Gasteiger charge is -2.22. The Kier molecular flexibility index (Phi) is 5.76. The Morgan fingerprint density at radius 3 is 1.17 bits per heavy atom. The van der Waals surface area contributed by atoms with Crippen molar-refractivity contribution in [2.45, 2.75) is 0 Å². The van der Waals surface area contributed by atoms with Gasteiger partial charge in [0.15, 0.2) is 17.9 Å². The lowest BCUT2D eigenvalue weighted by Crippen LogP contribution is -2.23. The second-order valence-corrected chi connectivity index (χ2v) is 11.8. The second kappa shape index (κ2) is 8.45. The van der Waals surface area contributed by atoms with Crippen molar-refractivity contribution in [2.24, 2.45) is 4.52 Å². The van der Waals surface area contributed by atoms with Crippen molar-refractivity contribution in [1.82, 2.24) is 0 Å². The highest BCUT2D eigenvalue weighted by atomic mass is 31.2. The minimum Gasteiger partial charge on any atom is -0.350 e. The fourth-order valence-corrected chi connectivity index (χ4v) is 9.33. The first-order valence-electron chi connectivity index (χ1n) is 9.34. The van der Waals surface area contributed by atoms with Gasteiger partial charge in [0.25, 0.3) is 0 Å². The summed E-state index contributed by atoms with van der Waals surface area (Å²) in [7, 11) is -6.40. The minimum absolute atomic E-state index is 0.719. The zero-order chi connectivity index (χ0) is 20.2. The highest BCUT2D eigenvalue weighted by Crippen LogP contribution is 2.62. The van der Waals surface area contributed by atoms with Crippen LogP contribution in [0, 0.1) is 0 Å². The van der Waals surface area contributed by atoms with E-state index in [1.165, 1.54) is 0 Å². The van der Waals surface area contributed by atoms with Crippen LogP contribution in [0.15, 0.2) is 126 Å². The normalized spacial score (nSPS) is 11.8. The van der Waals surface area contributed by atoms with E-state index in [0.29, 0.717) is 0 Å². The fraction of sp³-hybridized carbons (Fsp3) is 0. The molecule has 144 valence electrons. The fourth-order valence-electron chi connectivity index (χ4n) is 3.24. The molecule has 0 aliphatic heterocycles. The quantitative estimate of drug-likeness (QED) is 0.477. The van der Waals surface area contributed by atoms with Gasteiger partial charge in [-0.25, -0.2) is 4.89 Å². The monoisotopic (exact) mass is 418 g/mol. The lowest BCUT2D eigenvalue weighted by atomic mass is 10.4. The van der Waals surface area contributed by atoms with Crippen LogP contribution in [-0.4, -0.2) is 9.79 Å². The van der Waals surface area contributed by atoms with Crippen molar-refractivity contribution in [3.8, 4) is 0 Å². The van der Waals surface area contributed by atoms with Gasteiger partial charge in [0.05, 0.1) is 0 Å². The van der Waals surface area contributed by atoms with E-state index in [1.54, 1.807) is 0 Å². The maximum atomic E-state index is 12.0. The summed E-state index contributed by atoms with van der Waals surface area (Å²) in [5.41, 5.74) is 0. The number of hydrogen-bond acceptors (Lipinski definition) is 2. The van der Waals surface area contributed by atoms with Crippen LogP contribution in [0.2, 0.25) is 0 Å². The largest absolute Gasteiger partial charge is 0.350 e.